The van der Waals surface area contributed by atoms with Gasteiger partial charge >= 0.3 is 0 Å². The normalized spacial score (nSPS) is 20.8. The summed E-state index contributed by atoms with van der Waals surface area (Å²) in [7, 11) is 0. The van der Waals surface area contributed by atoms with Gasteiger partial charge in [0, 0.05) is 30.5 Å². The number of rotatable bonds is 6. The summed E-state index contributed by atoms with van der Waals surface area (Å²) in [5, 5.41) is 13.6. The number of amides is 1. The van der Waals surface area contributed by atoms with Crippen LogP contribution in [-0.2, 0) is 4.79 Å². The summed E-state index contributed by atoms with van der Waals surface area (Å²) < 4.78 is 0. The highest BCUT2D eigenvalue weighted by molar-refractivity contribution is 7.15. The van der Waals surface area contributed by atoms with E-state index in [4.69, 9.17) is 11.6 Å². The van der Waals surface area contributed by atoms with E-state index in [1.807, 2.05) is 18.2 Å². The molecule has 1 aromatic heterocycles. The molecule has 0 unspecified atom stereocenters. The molecule has 7 heteroatoms. The average molecular weight is 377 g/mol. The lowest BCUT2D eigenvalue weighted by Gasteiger charge is -2.16. The molecular formula is C18H21ClN4OS. The first-order chi connectivity index (χ1) is 12.2. The van der Waals surface area contributed by atoms with Gasteiger partial charge in [0.15, 0.2) is 0 Å². The number of nitrogens with zero attached hydrogens (tertiary/aromatic N) is 3. The second kappa shape index (κ2) is 7.40. The lowest BCUT2D eigenvalue weighted by molar-refractivity contribution is -0.116. The van der Waals surface area contributed by atoms with Gasteiger partial charge in [-0.05, 0) is 43.4 Å². The zero-order valence-electron chi connectivity index (χ0n) is 13.9. The van der Waals surface area contributed by atoms with Crippen LogP contribution in [0.15, 0.2) is 24.3 Å². The molecule has 5 nitrogen and oxygen atoms in total. The highest BCUT2D eigenvalue weighted by Crippen LogP contribution is 2.42. The number of nitrogens with one attached hydrogen (secondary N) is 1. The molecule has 25 heavy (non-hydrogen) atoms. The highest BCUT2D eigenvalue weighted by atomic mass is 35.5. The molecule has 4 rings (SSSR count). The molecule has 1 aliphatic heterocycles. The summed E-state index contributed by atoms with van der Waals surface area (Å²) in [4.78, 5) is 14.5. The summed E-state index contributed by atoms with van der Waals surface area (Å²) in [6.07, 6.45) is 3.97. The Hall–Kier alpha value is -1.50. The largest absolute Gasteiger partial charge is 0.302 e. The summed E-state index contributed by atoms with van der Waals surface area (Å²) in [5.74, 6) is 1.05. The first-order valence-corrected chi connectivity index (χ1v) is 9.98. The predicted molar refractivity (Wildman–Crippen MR) is 100 cm³/mol. The van der Waals surface area contributed by atoms with Crippen LogP contribution in [0.5, 0.6) is 0 Å². The molecule has 1 saturated heterocycles. The zero-order chi connectivity index (χ0) is 17.2. The Morgan fingerprint density at radius 2 is 2.08 bits per heavy atom. The van der Waals surface area contributed by atoms with Crippen molar-refractivity contribution < 1.29 is 4.79 Å². The smallest absolute Gasteiger partial charge is 0.227 e. The predicted octanol–water partition coefficient (Wildman–Crippen LogP) is 3.89. The molecule has 1 saturated carbocycles. The fourth-order valence-electron chi connectivity index (χ4n) is 3.32. The maximum absolute atomic E-state index is 12.1. The standard InChI is InChI=1S/C18H21ClN4OS/c19-15-4-2-1-3-14(15)13-7-9-23(11-13)10-8-16(24)20-18-22-21-17(25-18)12-5-6-12/h1-4,12-13H,5-11H2,(H,20,22,24)/t13-/m0/s1. The highest BCUT2D eigenvalue weighted by Gasteiger charge is 2.28. The minimum absolute atomic E-state index is 0.0136. The molecule has 1 aromatic carbocycles. The Bertz CT molecular complexity index is 761. The molecule has 0 spiro atoms. The summed E-state index contributed by atoms with van der Waals surface area (Å²) in [6.45, 7) is 2.73. The van der Waals surface area contributed by atoms with Crippen LogP contribution in [0.1, 0.15) is 48.1 Å². The maximum atomic E-state index is 12.1. The van der Waals surface area contributed by atoms with Crippen LogP contribution in [-0.4, -0.2) is 40.6 Å². The molecule has 2 aromatic rings. The van der Waals surface area contributed by atoms with Crippen molar-refractivity contribution in [3.63, 3.8) is 0 Å². The SMILES string of the molecule is O=C(CCN1CC[C@H](c2ccccc2Cl)C1)Nc1nnc(C2CC2)s1. The van der Waals surface area contributed by atoms with Crippen molar-refractivity contribution in [3.8, 4) is 0 Å². The van der Waals surface area contributed by atoms with Gasteiger partial charge in [-0.3, -0.25) is 4.79 Å². The first kappa shape index (κ1) is 16.9. The Labute approximate surface area is 156 Å². The van der Waals surface area contributed by atoms with E-state index in [1.165, 1.54) is 29.7 Å². The van der Waals surface area contributed by atoms with E-state index >= 15 is 0 Å². The minimum atomic E-state index is 0.0136. The molecule has 1 amide bonds. The van der Waals surface area contributed by atoms with Gasteiger partial charge in [-0.1, -0.05) is 41.1 Å². The molecule has 2 aliphatic rings. The molecule has 0 bridgehead atoms. The van der Waals surface area contributed by atoms with Crippen molar-refractivity contribution in [3.05, 3.63) is 39.9 Å². The van der Waals surface area contributed by atoms with Gasteiger partial charge in [-0.15, -0.1) is 10.2 Å². The monoisotopic (exact) mass is 376 g/mol. The van der Waals surface area contributed by atoms with Crippen LogP contribution in [0.2, 0.25) is 5.02 Å². The van der Waals surface area contributed by atoms with Crippen LogP contribution in [0.4, 0.5) is 5.13 Å². The molecule has 2 fully saturated rings. The maximum Gasteiger partial charge on any atom is 0.227 e. The van der Waals surface area contributed by atoms with Gasteiger partial charge in [0.05, 0.1) is 0 Å². The summed E-state index contributed by atoms with van der Waals surface area (Å²) in [6, 6.07) is 8.06. The van der Waals surface area contributed by atoms with Gasteiger partial charge in [0.25, 0.3) is 0 Å². The van der Waals surface area contributed by atoms with E-state index < -0.39 is 0 Å². The topological polar surface area (TPSA) is 58.1 Å². The van der Waals surface area contributed by atoms with Gasteiger partial charge in [-0.25, -0.2) is 0 Å². The van der Waals surface area contributed by atoms with Crippen molar-refractivity contribution in [1.82, 2.24) is 15.1 Å². The van der Waals surface area contributed by atoms with Crippen molar-refractivity contribution in [2.75, 3.05) is 25.0 Å². The number of carbonyl (C=O) groups excluding carboxylic acids is 1. The van der Waals surface area contributed by atoms with E-state index in [2.05, 4.69) is 26.5 Å². The molecule has 132 valence electrons. The number of benzene rings is 1. The summed E-state index contributed by atoms with van der Waals surface area (Å²) >= 11 is 7.81. The third-order valence-electron chi connectivity index (χ3n) is 4.89. The van der Waals surface area contributed by atoms with E-state index in [-0.39, 0.29) is 5.91 Å². The van der Waals surface area contributed by atoms with Crippen molar-refractivity contribution in [2.24, 2.45) is 0 Å². The molecule has 1 aliphatic carbocycles. The van der Waals surface area contributed by atoms with Crippen LogP contribution in [0.3, 0.4) is 0 Å². The number of aromatic nitrogens is 2. The second-order valence-corrected chi connectivity index (χ2v) is 8.24. The third kappa shape index (κ3) is 4.19. The molecule has 1 N–H and O–H groups in total. The number of anilines is 1. The van der Waals surface area contributed by atoms with Crippen molar-refractivity contribution >= 4 is 34.0 Å². The number of halogens is 1. The number of hydrogen-bond donors (Lipinski definition) is 1. The van der Waals surface area contributed by atoms with E-state index in [0.717, 1.165) is 36.1 Å². The van der Waals surface area contributed by atoms with Crippen LogP contribution in [0, 0.1) is 0 Å². The Balaban J connectivity index is 1.24. The molecule has 0 radical (unpaired) electrons. The molecule has 2 heterocycles. The third-order valence-corrected chi connectivity index (χ3v) is 6.23. The Kier molecular flexibility index (Phi) is 5.01. The van der Waals surface area contributed by atoms with Gasteiger partial charge in [0.1, 0.15) is 5.01 Å². The number of carbonyl (C=O) groups is 1. The zero-order valence-corrected chi connectivity index (χ0v) is 15.5. The average Bonchev–Trinajstić information content (AvgIpc) is 3.17. The minimum Gasteiger partial charge on any atom is -0.302 e. The van der Waals surface area contributed by atoms with Crippen LogP contribution in [0.25, 0.3) is 0 Å². The number of likely N-dealkylation sites (tertiary alicyclic amines) is 1. The lowest BCUT2D eigenvalue weighted by Crippen LogP contribution is -2.25. The van der Waals surface area contributed by atoms with E-state index in [1.54, 1.807) is 0 Å². The Morgan fingerprint density at radius 1 is 1.24 bits per heavy atom. The van der Waals surface area contributed by atoms with E-state index in [0.29, 0.717) is 23.4 Å². The summed E-state index contributed by atoms with van der Waals surface area (Å²) in [5.41, 5.74) is 1.22. The van der Waals surface area contributed by atoms with Crippen LogP contribution < -0.4 is 5.32 Å². The quantitative estimate of drug-likeness (QED) is 0.830. The van der Waals surface area contributed by atoms with Gasteiger partial charge in [0.2, 0.25) is 11.0 Å². The fourth-order valence-corrected chi connectivity index (χ4v) is 4.54. The first-order valence-electron chi connectivity index (χ1n) is 8.79. The van der Waals surface area contributed by atoms with Crippen molar-refractivity contribution in [2.45, 2.75) is 37.5 Å². The Morgan fingerprint density at radius 3 is 2.88 bits per heavy atom. The molecular weight excluding hydrogens is 356 g/mol. The van der Waals surface area contributed by atoms with E-state index in [9.17, 15) is 4.79 Å². The fraction of sp³-hybridized carbons (Fsp3) is 0.500. The van der Waals surface area contributed by atoms with Crippen LogP contribution >= 0.6 is 22.9 Å². The lowest BCUT2D eigenvalue weighted by atomic mass is 9.98. The number of hydrogen-bond acceptors (Lipinski definition) is 5. The van der Waals surface area contributed by atoms with Crippen molar-refractivity contribution in [1.29, 1.82) is 0 Å². The molecule has 1 atom stereocenters. The second-order valence-electron chi connectivity index (χ2n) is 6.83. The van der Waals surface area contributed by atoms with Gasteiger partial charge in [-0.2, -0.15) is 0 Å². The van der Waals surface area contributed by atoms with Gasteiger partial charge < -0.3 is 10.2 Å².